The molecule has 1 aliphatic rings. The molecule has 1 aliphatic carbocycles. The lowest BCUT2D eigenvalue weighted by Gasteiger charge is -2.28. The van der Waals surface area contributed by atoms with Crippen LogP contribution in [0.25, 0.3) is 0 Å². The van der Waals surface area contributed by atoms with Crippen LogP contribution in [0.4, 0.5) is 4.39 Å². The van der Waals surface area contributed by atoms with Crippen molar-refractivity contribution in [2.24, 2.45) is 0 Å². The van der Waals surface area contributed by atoms with Gasteiger partial charge in [-0.25, -0.2) is 4.39 Å². The van der Waals surface area contributed by atoms with Gasteiger partial charge in [0.25, 0.3) is 0 Å². The molecule has 1 N–H and O–H groups in total. The maximum absolute atomic E-state index is 13.0. The molecule has 2 aromatic rings. The van der Waals surface area contributed by atoms with Crippen LogP contribution in [0.2, 0.25) is 0 Å². The topological polar surface area (TPSA) is 53.7 Å². The number of rotatable bonds is 6. The maximum atomic E-state index is 13.0. The molecular weight excluding hydrogens is 309 g/mol. The van der Waals surface area contributed by atoms with Gasteiger partial charge < -0.3 is 9.52 Å². The van der Waals surface area contributed by atoms with E-state index in [-0.39, 0.29) is 11.6 Å². The Kier molecular flexibility index (Phi) is 5.30. The third-order valence-corrected chi connectivity index (χ3v) is 4.67. The van der Waals surface area contributed by atoms with Crippen LogP contribution in [0.5, 0.6) is 5.75 Å². The standard InChI is InChI=1S/C19H22FNO3/c20-15-7-5-14(6-8-15)9-10-21(16-3-1-2-4-16)12-17-11-18(22)19(23)13-24-17/h5-8,11,13,16,23H,1-4,9-10,12H2. The highest BCUT2D eigenvalue weighted by molar-refractivity contribution is 5.17. The van der Waals surface area contributed by atoms with Crippen molar-refractivity contribution in [1.82, 2.24) is 4.90 Å². The second-order valence-corrected chi connectivity index (χ2v) is 6.38. The minimum absolute atomic E-state index is 0.225. The Bertz CT molecular complexity index is 720. The molecule has 0 radical (unpaired) electrons. The Hall–Kier alpha value is -2.14. The molecule has 1 heterocycles. The predicted molar refractivity (Wildman–Crippen MR) is 89.4 cm³/mol. The van der Waals surface area contributed by atoms with E-state index in [1.807, 2.05) is 12.1 Å². The van der Waals surface area contributed by atoms with Crippen LogP contribution < -0.4 is 5.43 Å². The van der Waals surface area contributed by atoms with E-state index in [0.29, 0.717) is 18.3 Å². The van der Waals surface area contributed by atoms with E-state index in [0.717, 1.165) is 37.6 Å². The first-order valence-electron chi connectivity index (χ1n) is 8.41. The van der Waals surface area contributed by atoms with Gasteiger partial charge in [-0.1, -0.05) is 25.0 Å². The lowest BCUT2D eigenvalue weighted by Crippen LogP contribution is -2.34. The van der Waals surface area contributed by atoms with Crippen molar-refractivity contribution in [3.05, 3.63) is 64.0 Å². The molecular formula is C19H22FNO3. The van der Waals surface area contributed by atoms with E-state index >= 15 is 0 Å². The van der Waals surface area contributed by atoms with Gasteiger partial charge in [0.1, 0.15) is 17.8 Å². The van der Waals surface area contributed by atoms with E-state index in [9.17, 15) is 14.3 Å². The van der Waals surface area contributed by atoms with Crippen molar-refractivity contribution in [3.63, 3.8) is 0 Å². The summed E-state index contributed by atoms with van der Waals surface area (Å²) in [5, 5.41) is 9.31. The molecule has 0 amide bonds. The normalized spacial score (nSPS) is 15.2. The molecule has 0 unspecified atom stereocenters. The summed E-state index contributed by atoms with van der Waals surface area (Å²) < 4.78 is 18.4. The molecule has 1 aromatic carbocycles. The lowest BCUT2D eigenvalue weighted by molar-refractivity contribution is 0.175. The minimum Gasteiger partial charge on any atom is -0.502 e. The molecule has 5 heteroatoms. The average Bonchev–Trinajstić information content (AvgIpc) is 3.10. The van der Waals surface area contributed by atoms with E-state index in [1.54, 1.807) is 0 Å². The average molecular weight is 331 g/mol. The molecule has 0 spiro atoms. The largest absolute Gasteiger partial charge is 0.502 e. The van der Waals surface area contributed by atoms with Crippen molar-refractivity contribution in [2.45, 2.75) is 44.7 Å². The van der Waals surface area contributed by atoms with Gasteiger partial charge in [0.05, 0.1) is 6.54 Å². The van der Waals surface area contributed by atoms with Crippen LogP contribution in [0.1, 0.15) is 37.0 Å². The van der Waals surface area contributed by atoms with Crippen molar-refractivity contribution >= 4 is 0 Å². The zero-order chi connectivity index (χ0) is 16.9. The summed E-state index contributed by atoms with van der Waals surface area (Å²) >= 11 is 0. The van der Waals surface area contributed by atoms with Crippen LogP contribution >= 0.6 is 0 Å². The Balaban J connectivity index is 1.69. The molecule has 1 saturated carbocycles. The maximum Gasteiger partial charge on any atom is 0.226 e. The Labute approximate surface area is 140 Å². The summed E-state index contributed by atoms with van der Waals surface area (Å²) in [7, 11) is 0. The summed E-state index contributed by atoms with van der Waals surface area (Å²) in [4.78, 5) is 13.9. The molecule has 128 valence electrons. The van der Waals surface area contributed by atoms with Crippen LogP contribution in [0.3, 0.4) is 0 Å². The summed E-state index contributed by atoms with van der Waals surface area (Å²) in [6, 6.07) is 8.41. The van der Waals surface area contributed by atoms with E-state index in [4.69, 9.17) is 4.42 Å². The first-order chi connectivity index (χ1) is 11.6. The number of hydrogen-bond acceptors (Lipinski definition) is 4. The fourth-order valence-corrected chi connectivity index (χ4v) is 3.31. The zero-order valence-electron chi connectivity index (χ0n) is 13.6. The SMILES string of the molecule is O=c1cc(CN(CCc2ccc(F)cc2)C2CCCC2)occ1O. The third kappa shape index (κ3) is 4.23. The smallest absolute Gasteiger partial charge is 0.226 e. The fourth-order valence-electron chi connectivity index (χ4n) is 3.31. The van der Waals surface area contributed by atoms with Gasteiger partial charge in [0, 0.05) is 18.7 Å². The van der Waals surface area contributed by atoms with Gasteiger partial charge in [-0.05, 0) is 37.0 Å². The summed E-state index contributed by atoms with van der Waals surface area (Å²) in [6.07, 6.45) is 6.65. The van der Waals surface area contributed by atoms with E-state index < -0.39 is 5.43 Å². The lowest BCUT2D eigenvalue weighted by atomic mass is 10.1. The minimum atomic E-state index is -0.416. The fraction of sp³-hybridized carbons (Fsp3) is 0.421. The molecule has 4 nitrogen and oxygen atoms in total. The predicted octanol–water partition coefficient (Wildman–Crippen LogP) is 3.47. The van der Waals surface area contributed by atoms with Crippen molar-refractivity contribution in [2.75, 3.05) is 6.54 Å². The zero-order valence-corrected chi connectivity index (χ0v) is 13.6. The van der Waals surface area contributed by atoms with Crippen molar-refractivity contribution in [3.8, 4) is 5.75 Å². The van der Waals surface area contributed by atoms with Gasteiger partial charge >= 0.3 is 0 Å². The third-order valence-electron chi connectivity index (χ3n) is 4.67. The molecule has 3 rings (SSSR count). The number of hydrogen-bond donors (Lipinski definition) is 1. The number of nitrogens with zero attached hydrogens (tertiary/aromatic N) is 1. The second-order valence-electron chi connectivity index (χ2n) is 6.38. The Morgan fingerprint density at radius 2 is 1.92 bits per heavy atom. The van der Waals surface area contributed by atoms with Crippen LogP contribution in [0.15, 0.2) is 45.8 Å². The number of aromatic hydroxyl groups is 1. The second kappa shape index (κ2) is 7.62. The van der Waals surface area contributed by atoms with Gasteiger partial charge in [-0.2, -0.15) is 0 Å². The van der Waals surface area contributed by atoms with Crippen LogP contribution in [-0.4, -0.2) is 22.6 Å². The molecule has 1 aromatic heterocycles. The van der Waals surface area contributed by atoms with Gasteiger partial charge in [0.2, 0.25) is 5.43 Å². The molecule has 0 saturated heterocycles. The summed E-state index contributed by atoms with van der Waals surface area (Å²) in [6.45, 7) is 1.36. The highest BCUT2D eigenvalue weighted by atomic mass is 19.1. The van der Waals surface area contributed by atoms with Gasteiger partial charge in [-0.15, -0.1) is 0 Å². The highest BCUT2D eigenvalue weighted by Gasteiger charge is 2.23. The first kappa shape index (κ1) is 16.7. The Morgan fingerprint density at radius 1 is 1.21 bits per heavy atom. The summed E-state index contributed by atoms with van der Waals surface area (Å²) in [5.74, 6) is -0.0291. The van der Waals surface area contributed by atoms with Gasteiger partial charge in [-0.3, -0.25) is 9.69 Å². The number of benzene rings is 1. The molecule has 0 bridgehead atoms. The highest BCUT2D eigenvalue weighted by Crippen LogP contribution is 2.25. The quantitative estimate of drug-likeness (QED) is 0.880. The molecule has 1 fully saturated rings. The van der Waals surface area contributed by atoms with Gasteiger partial charge in [0.15, 0.2) is 5.75 Å². The van der Waals surface area contributed by atoms with E-state index in [1.165, 1.54) is 31.0 Å². The first-order valence-corrected chi connectivity index (χ1v) is 8.41. The molecule has 0 atom stereocenters. The molecule has 24 heavy (non-hydrogen) atoms. The summed E-state index contributed by atoms with van der Waals surface area (Å²) in [5.41, 5.74) is 0.674. The van der Waals surface area contributed by atoms with Crippen molar-refractivity contribution in [1.29, 1.82) is 0 Å². The van der Waals surface area contributed by atoms with Crippen LogP contribution in [-0.2, 0) is 13.0 Å². The molecule has 0 aliphatic heterocycles. The monoisotopic (exact) mass is 331 g/mol. The Morgan fingerprint density at radius 3 is 2.58 bits per heavy atom. The number of halogens is 1. The van der Waals surface area contributed by atoms with Crippen LogP contribution in [0, 0.1) is 5.82 Å². The van der Waals surface area contributed by atoms with Crippen molar-refractivity contribution < 1.29 is 13.9 Å². The van der Waals surface area contributed by atoms with E-state index in [2.05, 4.69) is 4.90 Å².